The summed E-state index contributed by atoms with van der Waals surface area (Å²) in [6, 6.07) is 32.6. The van der Waals surface area contributed by atoms with Gasteiger partial charge in [0.15, 0.2) is 5.13 Å². The molecule has 0 aliphatic carbocycles. The zero-order valence-corrected chi connectivity index (χ0v) is 26.8. The molecule has 5 rings (SSSR count). The Morgan fingerprint density at radius 3 is 2.16 bits per heavy atom. The predicted molar refractivity (Wildman–Crippen MR) is 185 cm³/mol. The van der Waals surface area contributed by atoms with Crippen LogP contribution in [0, 0.1) is 6.92 Å². The van der Waals surface area contributed by atoms with Crippen molar-refractivity contribution in [3.8, 4) is 11.3 Å². The molecule has 1 atom stereocenters. The zero-order valence-electron chi connectivity index (χ0n) is 24.4. The minimum Gasteiger partial charge on any atom is -0.321 e. The Kier molecular flexibility index (Phi) is 10.5. The lowest BCUT2D eigenvalue weighted by Gasteiger charge is -2.13. The number of aromatic nitrogens is 1. The maximum atomic E-state index is 13.3. The van der Waals surface area contributed by atoms with Crippen LogP contribution < -0.4 is 16.0 Å². The van der Waals surface area contributed by atoms with Gasteiger partial charge in [0.25, 0.3) is 11.8 Å². The molecule has 0 aliphatic rings. The summed E-state index contributed by atoms with van der Waals surface area (Å²) in [4.78, 5) is 45.6. The number of thioether (sulfide) groups is 1. The van der Waals surface area contributed by atoms with Crippen LogP contribution >= 0.6 is 34.7 Å². The number of nitrogens with zero attached hydrogens (tertiary/aromatic N) is 1. The van der Waals surface area contributed by atoms with E-state index in [-0.39, 0.29) is 11.6 Å². The summed E-state index contributed by atoms with van der Waals surface area (Å²) in [5, 5.41) is 9.23. The average Bonchev–Trinajstić information content (AvgIpc) is 3.42. The number of nitrogens with one attached hydrogen (secondary N) is 3. The van der Waals surface area contributed by atoms with Crippen molar-refractivity contribution in [3.63, 3.8) is 0 Å². The van der Waals surface area contributed by atoms with E-state index in [1.54, 1.807) is 66.7 Å². The molecule has 0 aliphatic heterocycles. The summed E-state index contributed by atoms with van der Waals surface area (Å²) in [5.41, 5.74) is 3.59. The largest absolute Gasteiger partial charge is 0.321 e. The third kappa shape index (κ3) is 8.69. The SMILES string of the molecule is Cc1sc(NC(=O)C(C)Sc2ccc(NC(=O)/C(=C/c3ccc(Cl)cc3)NC(=O)c3ccccc3)cc2)nc1-c1ccccc1. The van der Waals surface area contributed by atoms with Gasteiger partial charge >= 0.3 is 0 Å². The van der Waals surface area contributed by atoms with E-state index >= 15 is 0 Å². The van der Waals surface area contributed by atoms with Crippen LogP contribution in [0.5, 0.6) is 0 Å². The van der Waals surface area contributed by atoms with Crippen LogP contribution in [0.3, 0.4) is 0 Å². The van der Waals surface area contributed by atoms with Gasteiger partial charge in [0.2, 0.25) is 5.91 Å². The van der Waals surface area contributed by atoms with E-state index in [2.05, 4.69) is 20.9 Å². The Labute approximate surface area is 274 Å². The van der Waals surface area contributed by atoms with Gasteiger partial charge in [-0.05, 0) is 74.0 Å². The third-order valence-electron chi connectivity index (χ3n) is 6.58. The highest BCUT2D eigenvalue weighted by Crippen LogP contribution is 2.31. The number of halogens is 1. The zero-order chi connectivity index (χ0) is 31.8. The summed E-state index contributed by atoms with van der Waals surface area (Å²) in [5.74, 6) is -1.05. The number of carbonyl (C=O) groups excluding carboxylic acids is 3. The molecule has 10 heteroatoms. The van der Waals surface area contributed by atoms with Crippen LogP contribution in [0.1, 0.15) is 27.7 Å². The second kappa shape index (κ2) is 14.9. The molecule has 0 radical (unpaired) electrons. The average molecular weight is 653 g/mol. The molecule has 1 unspecified atom stereocenters. The molecule has 226 valence electrons. The summed E-state index contributed by atoms with van der Waals surface area (Å²) in [6.45, 7) is 3.82. The van der Waals surface area contributed by atoms with Crippen molar-refractivity contribution in [2.75, 3.05) is 10.6 Å². The van der Waals surface area contributed by atoms with Crippen molar-refractivity contribution < 1.29 is 14.4 Å². The molecule has 5 aromatic rings. The molecule has 3 amide bonds. The number of anilines is 2. The number of hydrogen-bond acceptors (Lipinski definition) is 6. The van der Waals surface area contributed by atoms with Crippen LogP contribution in [-0.4, -0.2) is 28.0 Å². The maximum absolute atomic E-state index is 13.3. The normalized spacial score (nSPS) is 11.8. The van der Waals surface area contributed by atoms with E-state index in [1.165, 1.54) is 23.1 Å². The fraction of sp³-hybridized carbons (Fsp3) is 0.0857. The molecule has 3 N–H and O–H groups in total. The first kappa shape index (κ1) is 31.7. The fourth-order valence-corrected chi connectivity index (χ4v) is 6.09. The lowest BCUT2D eigenvalue weighted by Crippen LogP contribution is -2.30. The molecule has 0 bridgehead atoms. The van der Waals surface area contributed by atoms with Crippen LogP contribution in [-0.2, 0) is 9.59 Å². The lowest BCUT2D eigenvalue weighted by molar-refractivity contribution is -0.115. The second-order valence-electron chi connectivity index (χ2n) is 9.95. The minimum atomic E-state index is -0.490. The lowest BCUT2D eigenvalue weighted by atomic mass is 10.1. The van der Waals surface area contributed by atoms with Crippen molar-refractivity contribution >= 4 is 69.3 Å². The Morgan fingerprint density at radius 2 is 1.49 bits per heavy atom. The Morgan fingerprint density at radius 1 is 0.844 bits per heavy atom. The standard InChI is InChI=1S/C35H29ClN4O3S2/c1-22-31(25-9-5-3-6-10-25)39-35(45-22)40-32(41)23(2)44-29-19-17-28(18-20-29)37-34(43)30(21-24-13-15-27(36)16-14-24)38-33(42)26-11-7-4-8-12-26/h3-21,23H,1-2H3,(H,37,43)(H,38,42)(H,39,40,41)/b30-21-. The quantitative estimate of drug-likeness (QED) is 0.104. The van der Waals surface area contributed by atoms with Crippen LogP contribution in [0.25, 0.3) is 17.3 Å². The first-order valence-electron chi connectivity index (χ1n) is 14.0. The molecule has 1 heterocycles. The van der Waals surface area contributed by atoms with Crippen molar-refractivity contribution in [2.45, 2.75) is 24.0 Å². The molecule has 0 fully saturated rings. The molecule has 0 saturated carbocycles. The minimum absolute atomic E-state index is 0.0720. The number of hydrogen-bond donors (Lipinski definition) is 3. The van der Waals surface area contributed by atoms with Crippen molar-refractivity contribution in [1.29, 1.82) is 0 Å². The maximum Gasteiger partial charge on any atom is 0.272 e. The second-order valence-corrected chi connectivity index (χ2v) is 13.0. The van der Waals surface area contributed by atoms with Gasteiger partial charge in [-0.1, -0.05) is 72.3 Å². The number of thiazole rings is 1. The summed E-state index contributed by atoms with van der Waals surface area (Å²) in [6.07, 6.45) is 1.59. The highest BCUT2D eigenvalue weighted by molar-refractivity contribution is 8.00. The van der Waals surface area contributed by atoms with Gasteiger partial charge in [0.05, 0.1) is 10.9 Å². The third-order valence-corrected chi connectivity index (χ3v) is 8.83. The number of amides is 3. The van der Waals surface area contributed by atoms with Gasteiger partial charge in [0.1, 0.15) is 5.70 Å². The van der Waals surface area contributed by atoms with Crippen molar-refractivity contribution in [2.24, 2.45) is 0 Å². The van der Waals surface area contributed by atoms with Gasteiger partial charge < -0.3 is 16.0 Å². The van der Waals surface area contributed by atoms with Gasteiger partial charge in [-0.3, -0.25) is 14.4 Å². The molecule has 7 nitrogen and oxygen atoms in total. The van der Waals surface area contributed by atoms with E-state index in [0.29, 0.717) is 27.0 Å². The first-order valence-corrected chi connectivity index (χ1v) is 16.1. The highest BCUT2D eigenvalue weighted by atomic mass is 35.5. The van der Waals surface area contributed by atoms with Gasteiger partial charge in [-0.15, -0.1) is 23.1 Å². The summed E-state index contributed by atoms with van der Waals surface area (Å²) < 4.78 is 0. The molecule has 0 spiro atoms. The Hall–Kier alpha value is -4.70. The Bertz CT molecular complexity index is 1830. The highest BCUT2D eigenvalue weighted by Gasteiger charge is 2.19. The summed E-state index contributed by atoms with van der Waals surface area (Å²) >= 11 is 8.85. The first-order chi connectivity index (χ1) is 21.7. The number of rotatable bonds is 10. The van der Waals surface area contributed by atoms with Gasteiger partial charge in [-0.2, -0.15) is 0 Å². The number of carbonyl (C=O) groups is 3. The topological polar surface area (TPSA) is 100 Å². The smallest absolute Gasteiger partial charge is 0.272 e. The van der Waals surface area contributed by atoms with Crippen LogP contribution in [0.4, 0.5) is 10.8 Å². The molecular weight excluding hydrogens is 624 g/mol. The summed E-state index contributed by atoms with van der Waals surface area (Å²) in [7, 11) is 0. The van der Waals surface area contributed by atoms with Gasteiger partial charge in [-0.25, -0.2) is 4.98 Å². The number of aryl methyl sites for hydroxylation is 1. The van der Waals surface area contributed by atoms with E-state index in [9.17, 15) is 14.4 Å². The van der Waals surface area contributed by atoms with E-state index in [4.69, 9.17) is 11.6 Å². The predicted octanol–water partition coefficient (Wildman–Crippen LogP) is 8.30. The van der Waals surface area contributed by atoms with Crippen molar-refractivity contribution in [3.05, 3.63) is 136 Å². The van der Waals surface area contributed by atoms with Crippen LogP contribution in [0.15, 0.2) is 120 Å². The molecule has 1 aromatic heterocycles. The number of benzene rings is 4. The molecule has 4 aromatic carbocycles. The van der Waals surface area contributed by atoms with E-state index < -0.39 is 17.1 Å². The Balaban J connectivity index is 1.22. The molecule has 0 saturated heterocycles. The van der Waals surface area contributed by atoms with E-state index in [1.807, 2.05) is 62.4 Å². The molecule has 45 heavy (non-hydrogen) atoms. The monoisotopic (exact) mass is 652 g/mol. The van der Waals surface area contributed by atoms with Crippen LogP contribution in [0.2, 0.25) is 5.02 Å². The van der Waals surface area contributed by atoms with E-state index in [0.717, 1.165) is 21.0 Å². The van der Waals surface area contributed by atoms with Crippen molar-refractivity contribution in [1.82, 2.24) is 10.3 Å². The fourth-order valence-electron chi connectivity index (χ4n) is 4.26. The van der Waals surface area contributed by atoms with Gasteiger partial charge in [0, 0.05) is 31.6 Å². The molecular formula is C35H29ClN4O3S2.